The van der Waals surface area contributed by atoms with Crippen molar-refractivity contribution in [3.8, 4) is 5.75 Å². The minimum Gasteiger partial charge on any atom is -0.497 e. The van der Waals surface area contributed by atoms with Gasteiger partial charge in [-0.15, -0.1) is 11.3 Å². The van der Waals surface area contributed by atoms with Crippen LogP contribution in [0.15, 0.2) is 71.2 Å². The number of ether oxygens (including phenoxy) is 1. The molecule has 0 bridgehead atoms. The van der Waals surface area contributed by atoms with E-state index >= 15 is 0 Å². The van der Waals surface area contributed by atoms with E-state index in [1.807, 2.05) is 17.5 Å². The molecule has 3 rings (SSSR count). The molecule has 4 nitrogen and oxygen atoms in total. The summed E-state index contributed by atoms with van der Waals surface area (Å²) < 4.78 is 18.2. The Kier molecular flexibility index (Phi) is 5.20. The van der Waals surface area contributed by atoms with Crippen LogP contribution in [0.5, 0.6) is 5.75 Å². The highest BCUT2D eigenvalue weighted by Crippen LogP contribution is 2.18. The Morgan fingerprint density at radius 3 is 2.28 bits per heavy atom. The second-order valence-corrected chi connectivity index (χ2v) is 5.98. The minimum absolute atomic E-state index is 0.343. The zero-order chi connectivity index (χ0) is 17.6. The summed E-state index contributed by atoms with van der Waals surface area (Å²) >= 11 is 1.45. The van der Waals surface area contributed by atoms with Crippen LogP contribution < -0.4 is 4.74 Å². The molecule has 0 aliphatic heterocycles. The summed E-state index contributed by atoms with van der Waals surface area (Å²) in [6.07, 6.45) is 0. The lowest BCUT2D eigenvalue weighted by molar-refractivity contribution is 0.0517. The number of carbonyl (C=O) groups excluding carboxylic acids is 1. The molecule has 0 atom stereocenters. The summed E-state index contributed by atoms with van der Waals surface area (Å²) in [5.41, 5.74) is 1.48. The number of hydrogen-bond acceptors (Lipinski definition) is 5. The van der Waals surface area contributed by atoms with Crippen molar-refractivity contribution in [1.29, 1.82) is 0 Å². The molecule has 0 unspecified atom stereocenters. The van der Waals surface area contributed by atoms with Crippen molar-refractivity contribution in [2.45, 2.75) is 0 Å². The van der Waals surface area contributed by atoms with Gasteiger partial charge in [-0.05, 0) is 60.0 Å². The van der Waals surface area contributed by atoms with Crippen LogP contribution in [0.4, 0.5) is 4.39 Å². The Balaban J connectivity index is 1.85. The fourth-order valence-electron chi connectivity index (χ4n) is 2.13. The second-order valence-electron chi connectivity index (χ2n) is 5.03. The van der Waals surface area contributed by atoms with Crippen molar-refractivity contribution in [2.24, 2.45) is 5.16 Å². The number of carbonyl (C=O) groups is 1. The maximum atomic E-state index is 13.2. The number of thiophene rings is 1. The van der Waals surface area contributed by atoms with Crippen molar-refractivity contribution >= 4 is 23.0 Å². The first kappa shape index (κ1) is 16.9. The highest BCUT2D eigenvalue weighted by atomic mass is 32.1. The van der Waals surface area contributed by atoms with Crippen LogP contribution in [0.25, 0.3) is 0 Å². The number of rotatable bonds is 5. The van der Waals surface area contributed by atoms with Gasteiger partial charge in [0.2, 0.25) is 0 Å². The van der Waals surface area contributed by atoms with Gasteiger partial charge >= 0.3 is 5.97 Å². The smallest absolute Gasteiger partial charge is 0.365 e. The number of benzene rings is 2. The predicted octanol–water partition coefficient (Wildman–Crippen LogP) is 4.51. The fraction of sp³-hybridized carbons (Fsp3) is 0.0526. The van der Waals surface area contributed by atoms with Gasteiger partial charge in [0.1, 0.15) is 17.3 Å². The lowest BCUT2D eigenvalue weighted by atomic mass is 10.1. The molecular weight excluding hydrogens is 341 g/mol. The van der Waals surface area contributed by atoms with Crippen LogP contribution in [-0.2, 0) is 4.84 Å². The van der Waals surface area contributed by atoms with Gasteiger partial charge in [0.05, 0.1) is 17.6 Å². The third kappa shape index (κ3) is 4.10. The standard InChI is InChI=1S/C19H14FNO3S/c1-23-16-10-6-14(7-11-16)19(22)24-21-18(17-3-2-12-25-17)13-4-8-15(20)9-5-13/h2-12H,1H3/b21-18-. The maximum absolute atomic E-state index is 13.2. The molecule has 126 valence electrons. The molecule has 0 fully saturated rings. The molecule has 0 spiro atoms. The van der Waals surface area contributed by atoms with Gasteiger partial charge in [0.25, 0.3) is 0 Å². The van der Waals surface area contributed by atoms with Crippen LogP contribution in [-0.4, -0.2) is 18.8 Å². The molecule has 25 heavy (non-hydrogen) atoms. The maximum Gasteiger partial charge on any atom is 0.365 e. The lowest BCUT2D eigenvalue weighted by Crippen LogP contribution is -2.06. The molecule has 0 aliphatic carbocycles. The monoisotopic (exact) mass is 355 g/mol. The van der Waals surface area contributed by atoms with E-state index in [4.69, 9.17) is 9.57 Å². The molecular formula is C19H14FNO3S. The predicted molar refractivity (Wildman–Crippen MR) is 94.8 cm³/mol. The topological polar surface area (TPSA) is 47.9 Å². The van der Waals surface area contributed by atoms with E-state index in [1.165, 1.54) is 23.5 Å². The van der Waals surface area contributed by atoms with Crippen LogP contribution in [0, 0.1) is 5.82 Å². The van der Waals surface area contributed by atoms with Gasteiger partial charge in [-0.1, -0.05) is 11.2 Å². The van der Waals surface area contributed by atoms with Gasteiger partial charge in [-0.25, -0.2) is 9.18 Å². The number of oxime groups is 1. The minimum atomic E-state index is -0.584. The molecule has 0 N–H and O–H groups in total. The molecule has 0 radical (unpaired) electrons. The van der Waals surface area contributed by atoms with Gasteiger partial charge in [0, 0.05) is 5.56 Å². The molecule has 1 aromatic heterocycles. The average Bonchev–Trinajstić information content (AvgIpc) is 3.17. The van der Waals surface area contributed by atoms with E-state index in [-0.39, 0.29) is 5.82 Å². The first-order valence-electron chi connectivity index (χ1n) is 7.40. The zero-order valence-electron chi connectivity index (χ0n) is 13.3. The summed E-state index contributed by atoms with van der Waals surface area (Å²) in [7, 11) is 1.55. The number of methoxy groups -OCH3 is 1. The fourth-order valence-corrected chi connectivity index (χ4v) is 2.86. The Morgan fingerprint density at radius 2 is 1.68 bits per heavy atom. The van der Waals surface area contributed by atoms with Crippen molar-refractivity contribution in [2.75, 3.05) is 7.11 Å². The van der Waals surface area contributed by atoms with E-state index in [0.717, 1.165) is 4.88 Å². The summed E-state index contributed by atoms with van der Waals surface area (Å²) in [5, 5.41) is 5.90. The first-order valence-corrected chi connectivity index (χ1v) is 8.28. The Labute approximate surface area is 148 Å². The SMILES string of the molecule is COc1ccc(C(=O)O/N=C(/c2ccc(F)cc2)c2cccs2)cc1. The van der Waals surface area contributed by atoms with E-state index in [1.54, 1.807) is 43.5 Å². The number of halogens is 1. The molecule has 6 heteroatoms. The van der Waals surface area contributed by atoms with Crippen molar-refractivity contribution in [1.82, 2.24) is 0 Å². The summed E-state index contributed by atoms with van der Waals surface area (Å²) in [6.45, 7) is 0. The Bertz CT molecular complexity index is 872. The van der Waals surface area contributed by atoms with E-state index < -0.39 is 5.97 Å². The highest BCUT2D eigenvalue weighted by Gasteiger charge is 2.12. The van der Waals surface area contributed by atoms with Gasteiger partial charge < -0.3 is 9.57 Å². The molecule has 1 heterocycles. The summed E-state index contributed by atoms with van der Waals surface area (Å²) in [5.74, 6) is -0.283. The van der Waals surface area contributed by atoms with Gasteiger partial charge in [0.15, 0.2) is 0 Å². The summed E-state index contributed by atoms with van der Waals surface area (Å²) in [4.78, 5) is 18.1. The van der Waals surface area contributed by atoms with Crippen molar-refractivity contribution in [3.63, 3.8) is 0 Å². The van der Waals surface area contributed by atoms with Crippen molar-refractivity contribution < 1.29 is 18.8 Å². The lowest BCUT2D eigenvalue weighted by Gasteiger charge is -2.05. The molecule has 0 saturated carbocycles. The normalized spacial score (nSPS) is 11.2. The molecule has 3 aromatic rings. The number of nitrogens with zero attached hydrogens (tertiary/aromatic N) is 1. The zero-order valence-corrected chi connectivity index (χ0v) is 14.1. The second kappa shape index (κ2) is 7.72. The average molecular weight is 355 g/mol. The quantitative estimate of drug-likeness (QED) is 0.384. The van der Waals surface area contributed by atoms with Crippen LogP contribution in [0.3, 0.4) is 0 Å². The van der Waals surface area contributed by atoms with Gasteiger partial charge in [-0.3, -0.25) is 0 Å². The molecule has 0 aliphatic rings. The van der Waals surface area contributed by atoms with Crippen molar-refractivity contribution in [3.05, 3.63) is 87.9 Å². The molecule has 0 saturated heterocycles. The highest BCUT2D eigenvalue weighted by molar-refractivity contribution is 7.12. The van der Waals surface area contributed by atoms with Crippen LogP contribution >= 0.6 is 11.3 Å². The third-order valence-corrected chi connectivity index (χ3v) is 4.29. The van der Waals surface area contributed by atoms with E-state index in [2.05, 4.69) is 5.16 Å². The Morgan fingerprint density at radius 1 is 1.00 bits per heavy atom. The van der Waals surface area contributed by atoms with Gasteiger partial charge in [-0.2, -0.15) is 0 Å². The molecule has 0 amide bonds. The van der Waals surface area contributed by atoms with E-state index in [9.17, 15) is 9.18 Å². The largest absolute Gasteiger partial charge is 0.497 e. The van der Waals surface area contributed by atoms with Crippen LogP contribution in [0.2, 0.25) is 0 Å². The number of hydrogen-bond donors (Lipinski definition) is 0. The molecule has 2 aromatic carbocycles. The summed E-state index contributed by atoms with van der Waals surface area (Å²) in [6, 6.07) is 16.1. The van der Waals surface area contributed by atoms with E-state index in [0.29, 0.717) is 22.6 Å². The third-order valence-electron chi connectivity index (χ3n) is 3.42. The van der Waals surface area contributed by atoms with Crippen LogP contribution in [0.1, 0.15) is 20.8 Å². The first-order chi connectivity index (χ1) is 12.2. The Hall–Kier alpha value is -2.99.